The van der Waals surface area contributed by atoms with E-state index >= 15 is 0 Å². The average molecular weight is 743 g/mol. The Hall–Kier alpha value is -8.14. The van der Waals surface area contributed by atoms with Crippen LogP contribution in [0.25, 0.3) is 111 Å². The van der Waals surface area contributed by atoms with Crippen molar-refractivity contribution in [1.29, 1.82) is 5.26 Å². The van der Waals surface area contributed by atoms with Gasteiger partial charge in [0.1, 0.15) is 22.3 Å². The highest BCUT2D eigenvalue weighted by atomic mass is 16.3. The Labute approximate surface area is 333 Å². The molecule has 0 amide bonds. The molecule has 0 fully saturated rings. The Bertz CT molecular complexity index is 3280. The number of hydrogen-bond acceptors (Lipinski definition) is 6. The van der Waals surface area contributed by atoms with Crippen LogP contribution in [0.5, 0.6) is 0 Å². The second-order valence-corrected chi connectivity index (χ2v) is 14.4. The number of aromatic nitrogens is 3. The number of nitriles is 1. The number of para-hydroxylation sites is 2. The van der Waals surface area contributed by atoms with Crippen molar-refractivity contribution in [2.75, 3.05) is 0 Å². The quantitative estimate of drug-likeness (QED) is 0.168. The van der Waals surface area contributed by atoms with E-state index in [2.05, 4.69) is 89.9 Å². The van der Waals surface area contributed by atoms with Crippen LogP contribution in [-0.2, 0) is 0 Å². The summed E-state index contributed by atoms with van der Waals surface area (Å²) in [5.74, 6) is 0.590. The summed E-state index contributed by atoms with van der Waals surface area (Å²) >= 11 is 0. The van der Waals surface area contributed by atoms with Crippen molar-refractivity contribution < 1.29 is 8.83 Å². The van der Waals surface area contributed by atoms with E-state index in [9.17, 15) is 5.26 Å². The molecule has 0 atom stereocenters. The van der Waals surface area contributed by atoms with E-state index in [-0.39, 0.29) is 0 Å². The Morgan fingerprint density at radius 3 is 1.52 bits per heavy atom. The largest absolute Gasteiger partial charge is 0.456 e. The summed E-state index contributed by atoms with van der Waals surface area (Å²) in [7, 11) is 0. The first-order chi connectivity index (χ1) is 28.6. The van der Waals surface area contributed by atoms with E-state index in [0.29, 0.717) is 11.4 Å². The molecule has 0 saturated carbocycles. The van der Waals surface area contributed by atoms with Crippen LogP contribution in [0, 0.1) is 11.3 Å². The van der Waals surface area contributed by atoms with Crippen molar-refractivity contribution in [3.05, 3.63) is 188 Å². The maximum absolute atomic E-state index is 9.55. The van der Waals surface area contributed by atoms with Gasteiger partial charge in [-0.25, -0.2) is 9.97 Å². The molecule has 6 heteroatoms. The van der Waals surface area contributed by atoms with E-state index in [1.807, 2.05) is 97.2 Å². The number of rotatable bonds is 6. The second-order valence-electron chi connectivity index (χ2n) is 14.4. The van der Waals surface area contributed by atoms with Gasteiger partial charge in [-0.3, -0.25) is 4.98 Å². The zero-order chi connectivity index (χ0) is 38.6. The van der Waals surface area contributed by atoms with E-state index in [1.54, 1.807) is 6.20 Å². The summed E-state index contributed by atoms with van der Waals surface area (Å²) in [5.41, 5.74) is 14.4. The molecule has 11 aromatic rings. The van der Waals surface area contributed by atoms with E-state index in [1.165, 1.54) is 0 Å². The van der Waals surface area contributed by atoms with Gasteiger partial charge in [0, 0.05) is 56.2 Å². The topological polar surface area (TPSA) is 88.7 Å². The monoisotopic (exact) mass is 742 g/mol. The molecule has 4 heterocycles. The maximum Gasteiger partial charge on any atom is 0.160 e. The molecule has 0 spiro atoms. The fourth-order valence-electron chi connectivity index (χ4n) is 7.88. The van der Waals surface area contributed by atoms with Gasteiger partial charge in [-0.2, -0.15) is 5.26 Å². The molecule has 11 rings (SSSR count). The van der Waals surface area contributed by atoms with Crippen molar-refractivity contribution in [3.63, 3.8) is 0 Å². The lowest BCUT2D eigenvalue weighted by molar-refractivity contribution is 0.668. The lowest BCUT2D eigenvalue weighted by atomic mass is 9.93. The van der Waals surface area contributed by atoms with Crippen LogP contribution in [0.2, 0.25) is 0 Å². The zero-order valence-corrected chi connectivity index (χ0v) is 30.9. The van der Waals surface area contributed by atoms with E-state index in [0.717, 1.165) is 105 Å². The molecule has 0 unspecified atom stereocenters. The van der Waals surface area contributed by atoms with Gasteiger partial charge < -0.3 is 8.83 Å². The van der Waals surface area contributed by atoms with E-state index < -0.39 is 0 Å². The Morgan fingerprint density at radius 2 is 0.897 bits per heavy atom. The Balaban J connectivity index is 1.14. The maximum atomic E-state index is 9.55. The lowest BCUT2D eigenvalue weighted by Crippen LogP contribution is -1.97. The fourth-order valence-corrected chi connectivity index (χ4v) is 7.88. The lowest BCUT2D eigenvalue weighted by Gasteiger charge is -2.14. The highest BCUT2D eigenvalue weighted by molar-refractivity contribution is 6.07. The molecular weight excluding hydrogens is 713 g/mol. The number of furan rings is 2. The fraction of sp³-hybridized carbons (Fsp3) is 0. The third kappa shape index (κ3) is 5.87. The summed E-state index contributed by atoms with van der Waals surface area (Å²) in [6, 6.07) is 59.8. The van der Waals surface area contributed by atoms with Gasteiger partial charge in [-0.15, -0.1) is 0 Å². The normalized spacial score (nSPS) is 11.4. The molecular formula is C52H30N4O2. The zero-order valence-electron chi connectivity index (χ0n) is 30.9. The van der Waals surface area contributed by atoms with Crippen LogP contribution in [-0.4, -0.2) is 15.0 Å². The van der Waals surface area contributed by atoms with Crippen molar-refractivity contribution in [1.82, 2.24) is 15.0 Å². The summed E-state index contributed by atoms with van der Waals surface area (Å²) in [6.45, 7) is 0. The molecule has 4 aromatic heterocycles. The van der Waals surface area contributed by atoms with Gasteiger partial charge in [0.05, 0.1) is 23.0 Å². The van der Waals surface area contributed by atoms with Gasteiger partial charge in [0.2, 0.25) is 0 Å². The molecule has 0 radical (unpaired) electrons. The molecule has 7 aromatic carbocycles. The minimum Gasteiger partial charge on any atom is -0.456 e. The van der Waals surface area contributed by atoms with Crippen molar-refractivity contribution >= 4 is 43.9 Å². The molecule has 0 aliphatic heterocycles. The standard InChI is InChI=1S/C52H30N4O2/c53-30-32-14-16-33(17-15-32)46-29-47(56-52(55-46)37-8-5-7-34(23-37)38-9-6-22-54-31-38)41-25-39(35-18-20-50-44(27-35)42-10-1-3-12-48(42)57-50)24-40(26-41)36-19-21-51-45(28-36)43-11-2-4-13-49(43)58-51/h1-29,31H. The van der Waals surface area contributed by atoms with Crippen LogP contribution < -0.4 is 0 Å². The minimum atomic E-state index is 0.588. The van der Waals surface area contributed by atoms with Gasteiger partial charge in [-0.05, 0) is 113 Å². The summed E-state index contributed by atoms with van der Waals surface area (Å²) in [5, 5.41) is 13.8. The molecule has 6 nitrogen and oxygen atoms in total. The average Bonchev–Trinajstić information content (AvgIpc) is 3.87. The molecule has 0 N–H and O–H groups in total. The second kappa shape index (κ2) is 13.6. The molecule has 270 valence electrons. The first kappa shape index (κ1) is 33.2. The predicted molar refractivity (Wildman–Crippen MR) is 232 cm³/mol. The highest BCUT2D eigenvalue weighted by Crippen LogP contribution is 2.39. The minimum absolute atomic E-state index is 0.588. The molecule has 0 saturated heterocycles. The summed E-state index contributed by atoms with van der Waals surface area (Å²) in [6.07, 6.45) is 3.63. The van der Waals surface area contributed by atoms with Crippen LogP contribution in [0.4, 0.5) is 0 Å². The van der Waals surface area contributed by atoms with Crippen LogP contribution in [0.1, 0.15) is 5.56 Å². The third-order valence-electron chi connectivity index (χ3n) is 10.8. The van der Waals surface area contributed by atoms with Crippen molar-refractivity contribution in [3.8, 4) is 73.4 Å². The molecule has 0 bridgehead atoms. The molecule has 0 aliphatic rings. The highest BCUT2D eigenvalue weighted by Gasteiger charge is 2.17. The first-order valence-electron chi connectivity index (χ1n) is 19.0. The summed E-state index contributed by atoms with van der Waals surface area (Å²) in [4.78, 5) is 14.8. The van der Waals surface area contributed by atoms with Crippen LogP contribution in [0.3, 0.4) is 0 Å². The van der Waals surface area contributed by atoms with Gasteiger partial charge in [0.15, 0.2) is 5.82 Å². The Kier molecular flexibility index (Phi) is 7.76. The number of benzene rings is 7. The van der Waals surface area contributed by atoms with E-state index in [4.69, 9.17) is 18.8 Å². The first-order valence-corrected chi connectivity index (χ1v) is 19.0. The third-order valence-corrected chi connectivity index (χ3v) is 10.8. The van der Waals surface area contributed by atoms with Crippen LogP contribution >= 0.6 is 0 Å². The van der Waals surface area contributed by atoms with Gasteiger partial charge in [0.25, 0.3) is 0 Å². The summed E-state index contributed by atoms with van der Waals surface area (Å²) < 4.78 is 12.4. The predicted octanol–water partition coefficient (Wildman–Crippen LogP) is 13.5. The van der Waals surface area contributed by atoms with Gasteiger partial charge >= 0.3 is 0 Å². The van der Waals surface area contributed by atoms with Crippen LogP contribution in [0.15, 0.2) is 191 Å². The van der Waals surface area contributed by atoms with Crippen molar-refractivity contribution in [2.24, 2.45) is 0 Å². The van der Waals surface area contributed by atoms with Crippen molar-refractivity contribution in [2.45, 2.75) is 0 Å². The number of nitrogens with zero attached hydrogens (tertiary/aromatic N) is 4. The molecule has 0 aliphatic carbocycles. The number of fused-ring (bicyclic) bond motifs is 6. The number of hydrogen-bond donors (Lipinski definition) is 0. The smallest absolute Gasteiger partial charge is 0.160 e. The Morgan fingerprint density at radius 1 is 0.379 bits per heavy atom. The SMILES string of the molecule is N#Cc1ccc(-c2cc(-c3cc(-c4ccc5oc6ccccc6c5c4)cc(-c4ccc5oc6ccccc6c5c4)c3)nc(-c3cccc(-c4cccnc4)c3)n2)cc1. The van der Waals surface area contributed by atoms with Gasteiger partial charge in [-0.1, -0.05) is 84.9 Å². The number of pyridine rings is 1. The molecule has 58 heavy (non-hydrogen) atoms.